The number of hydrogen-bond acceptors (Lipinski definition) is 3. The Morgan fingerprint density at radius 3 is 2.88 bits per heavy atom. The Kier molecular flexibility index (Phi) is 5.06. The zero-order valence-electron chi connectivity index (χ0n) is 4.55. The molecule has 48 valence electrons. The molecule has 4 heteroatoms. The van der Waals surface area contributed by atoms with Gasteiger partial charge in [0.25, 0.3) is 0 Å². The molecule has 0 saturated heterocycles. The van der Waals surface area contributed by atoms with Gasteiger partial charge in [-0.05, 0) is 0 Å². The van der Waals surface area contributed by atoms with Crippen LogP contribution >= 0.6 is 0 Å². The molecule has 0 aromatic carbocycles. The van der Waals surface area contributed by atoms with E-state index in [1.807, 2.05) is 5.82 Å². The van der Waals surface area contributed by atoms with Gasteiger partial charge in [-0.2, -0.15) is 0 Å². The Bertz CT molecular complexity index is 73.7. The second-order valence-electron chi connectivity index (χ2n) is 1.11. The van der Waals surface area contributed by atoms with Gasteiger partial charge in [0.15, 0.2) is 0 Å². The van der Waals surface area contributed by atoms with Gasteiger partial charge in [0, 0.05) is 0 Å². The summed E-state index contributed by atoms with van der Waals surface area (Å²) in [6.07, 6.45) is 0.00951. The molecule has 0 fully saturated rings. The van der Waals surface area contributed by atoms with E-state index >= 15 is 0 Å². The molecule has 0 bridgehead atoms. The van der Waals surface area contributed by atoms with Gasteiger partial charge in [-0.15, -0.1) is 0 Å². The topological polar surface area (TPSA) is 49.4 Å². The summed E-state index contributed by atoms with van der Waals surface area (Å²) in [4.78, 5) is 9.69. The van der Waals surface area contributed by atoms with Crippen LogP contribution in [0.3, 0.4) is 0 Å². The molecule has 0 aliphatic carbocycles. The van der Waals surface area contributed by atoms with Crippen LogP contribution in [0.4, 0.5) is 0 Å². The Hall–Kier alpha value is -0.0505. The van der Waals surface area contributed by atoms with Crippen LogP contribution in [0.1, 0.15) is 6.42 Å². The quantitative estimate of drug-likeness (QED) is 0.405. The number of hydrogen-bond donors (Lipinski definition) is 0. The Morgan fingerprint density at radius 1 is 1.88 bits per heavy atom. The zero-order chi connectivity index (χ0) is 6.41. The van der Waals surface area contributed by atoms with Crippen LogP contribution in [0.2, 0.25) is 5.82 Å². The molecule has 0 N–H and O–H groups in total. The van der Waals surface area contributed by atoms with Crippen LogP contribution in [0, 0.1) is 0 Å². The minimum absolute atomic E-state index is 0.00951. The molecule has 8 heavy (non-hydrogen) atoms. The molecular weight excluding hydrogens is 175 g/mol. The molecule has 0 aliphatic heterocycles. The van der Waals surface area contributed by atoms with Crippen molar-refractivity contribution in [2.24, 2.45) is 0 Å². The summed E-state index contributed by atoms with van der Waals surface area (Å²) in [7, 11) is 0. The molecule has 0 spiro atoms. The molecular formula is C4H7O3Se-. The molecule has 0 aromatic rings. The summed E-state index contributed by atoms with van der Waals surface area (Å²) in [5, 5.41) is 9.69. The van der Waals surface area contributed by atoms with Crippen molar-refractivity contribution in [3.05, 3.63) is 0 Å². The average molecular weight is 182 g/mol. The molecule has 0 amide bonds. The summed E-state index contributed by atoms with van der Waals surface area (Å²) in [5.41, 5.74) is 0. The summed E-state index contributed by atoms with van der Waals surface area (Å²) in [6, 6.07) is 0. The second kappa shape index (κ2) is 5.09. The normalized spacial score (nSPS) is 9.12. The van der Waals surface area contributed by atoms with Crippen molar-refractivity contribution in [3.63, 3.8) is 0 Å². The van der Waals surface area contributed by atoms with E-state index in [9.17, 15) is 9.90 Å². The van der Waals surface area contributed by atoms with Gasteiger partial charge < -0.3 is 0 Å². The molecule has 0 heterocycles. The Labute approximate surface area is 54.5 Å². The van der Waals surface area contributed by atoms with Crippen molar-refractivity contribution in [2.45, 2.75) is 12.2 Å². The van der Waals surface area contributed by atoms with E-state index in [0.29, 0.717) is 6.61 Å². The molecule has 0 atom stereocenters. The summed E-state index contributed by atoms with van der Waals surface area (Å²) in [6.45, 7) is 0.291. The first-order valence-electron chi connectivity index (χ1n) is 2.13. The van der Waals surface area contributed by atoms with Crippen LogP contribution in [-0.2, 0) is 8.61 Å². The Balaban J connectivity index is 2.82. The monoisotopic (exact) mass is 183 g/mol. The fourth-order valence-electron chi connectivity index (χ4n) is 0.208. The van der Waals surface area contributed by atoms with Crippen molar-refractivity contribution < 1.29 is 13.7 Å². The number of carbonyl (C=O) groups excluding carboxylic acids is 1. The third-order valence-electron chi connectivity index (χ3n) is 0.507. The van der Waals surface area contributed by atoms with Gasteiger partial charge in [0.05, 0.1) is 0 Å². The third kappa shape index (κ3) is 5.95. The number of carboxylic acids is 1. The van der Waals surface area contributed by atoms with Gasteiger partial charge in [0.2, 0.25) is 0 Å². The van der Waals surface area contributed by atoms with Crippen molar-refractivity contribution >= 4 is 21.3 Å². The average Bonchev–Trinajstić information content (AvgIpc) is 1.66. The van der Waals surface area contributed by atoms with Crippen LogP contribution in [0.15, 0.2) is 0 Å². The molecule has 0 aliphatic rings. The predicted molar refractivity (Wildman–Crippen MR) is 27.2 cm³/mol. The maximum absolute atomic E-state index is 9.69. The molecule has 0 aromatic heterocycles. The van der Waals surface area contributed by atoms with Crippen molar-refractivity contribution in [2.75, 3.05) is 6.61 Å². The van der Waals surface area contributed by atoms with Gasteiger partial charge in [-0.3, -0.25) is 0 Å². The fourth-order valence-corrected chi connectivity index (χ4v) is 0.733. The number of carboxylic acid groups (broad SMARTS) is 1. The number of aliphatic carboxylic acids is 1. The fraction of sp³-hybridized carbons (Fsp3) is 0.750. The zero-order valence-corrected chi connectivity index (χ0v) is 6.26. The minimum atomic E-state index is -1.05. The summed E-state index contributed by atoms with van der Waals surface area (Å²) < 4.78 is 4.79. The first-order valence-corrected chi connectivity index (χ1v) is 4.54. The molecule has 3 nitrogen and oxygen atoms in total. The predicted octanol–water partition coefficient (Wildman–Crippen LogP) is -1.19. The Morgan fingerprint density at radius 2 is 2.50 bits per heavy atom. The number of rotatable bonds is 4. The maximum atomic E-state index is 9.69. The molecule has 0 rings (SSSR count). The second-order valence-corrected chi connectivity index (χ2v) is 2.30. The van der Waals surface area contributed by atoms with E-state index < -0.39 is 5.97 Å². The van der Waals surface area contributed by atoms with Crippen molar-refractivity contribution in [3.8, 4) is 0 Å². The number of carbonyl (C=O) groups is 1. The summed E-state index contributed by atoms with van der Waals surface area (Å²) >= 11 is 0.120. The van der Waals surface area contributed by atoms with E-state index in [2.05, 4.69) is 0 Å². The van der Waals surface area contributed by atoms with Gasteiger partial charge in [-0.25, -0.2) is 0 Å². The standard InChI is InChI=1S/C4H8O3Se/c1-8-7-3-2-4(5)6/h2-3H2,1H3,(H,5,6)/p-1. The molecule has 0 saturated carbocycles. The van der Waals surface area contributed by atoms with E-state index in [1.54, 1.807) is 0 Å². The van der Waals surface area contributed by atoms with Crippen LogP contribution in [-0.4, -0.2) is 27.9 Å². The van der Waals surface area contributed by atoms with Crippen molar-refractivity contribution in [1.82, 2.24) is 0 Å². The first-order chi connectivity index (χ1) is 3.77. The molecule has 0 radical (unpaired) electrons. The van der Waals surface area contributed by atoms with Gasteiger partial charge >= 0.3 is 53.8 Å². The third-order valence-corrected chi connectivity index (χ3v) is 1.35. The van der Waals surface area contributed by atoms with Crippen LogP contribution < -0.4 is 5.11 Å². The first kappa shape index (κ1) is 7.95. The van der Waals surface area contributed by atoms with E-state index in [-0.39, 0.29) is 21.7 Å². The van der Waals surface area contributed by atoms with Crippen LogP contribution in [0.25, 0.3) is 0 Å². The molecule has 0 unspecified atom stereocenters. The van der Waals surface area contributed by atoms with E-state index in [4.69, 9.17) is 3.82 Å². The van der Waals surface area contributed by atoms with E-state index in [0.717, 1.165) is 0 Å². The summed E-state index contributed by atoms with van der Waals surface area (Å²) in [5.74, 6) is 0.830. The SMILES string of the molecule is C[Se]OCCC(=O)[O-]. The van der Waals surface area contributed by atoms with Gasteiger partial charge in [-0.1, -0.05) is 0 Å². The van der Waals surface area contributed by atoms with Crippen molar-refractivity contribution in [1.29, 1.82) is 0 Å². The van der Waals surface area contributed by atoms with Crippen LogP contribution in [0.5, 0.6) is 0 Å². The van der Waals surface area contributed by atoms with Gasteiger partial charge in [0.1, 0.15) is 0 Å². The van der Waals surface area contributed by atoms with E-state index in [1.165, 1.54) is 0 Å².